The van der Waals surface area contributed by atoms with E-state index in [-0.39, 0.29) is 29.2 Å². The monoisotopic (exact) mass is 556 g/mol. The fourth-order valence-corrected chi connectivity index (χ4v) is 7.03. The molecule has 0 radical (unpaired) electrons. The first-order valence-corrected chi connectivity index (χ1v) is 14.2. The van der Waals surface area contributed by atoms with Gasteiger partial charge in [0, 0.05) is 17.5 Å². The standard InChI is InChI=1S/C35H28N2O5/c1-2-20-9-3-8-14-27(20)36-28(38)19-42-35(41)21-15-17-22(18-16-21)37-33(39)31-29-23-10-4-5-11-24(23)30(32(31)34(37)40)26-13-7-6-12-25(26)29/h3-18,29-32H,2,19H2,1H3,(H,36,38)/t29?,30?,31-,32+. The van der Waals surface area contributed by atoms with Crippen molar-refractivity contribution in [2.75, 3.05) is 16.8 Å². The first-order valence-electron chi connectivity index (χ1n) is 14.2. The number of hydrogen-bond donors (Lipinski definition) is 1. The number of esters is 1. The summed E-state index contributed by atoms with van der Waals surface area (Å²) in [5.41, 5.74) is 6.77. The van der Waals surface area contributed by atoms with E-state index in [1.54, 1.807) is 18.2 Å². The van der Waals surface area contributed by atoms with Gasteiger partial charge in [-0.1, -0.05) is 73.7 Å². The Morgan fingerprint density at radius 3 is 1.74 bits per heavy atom. The lowest BCUT2D eigenvalue weighted by atomic mass is 9.55. The molecule has 1 fully saturated rings. The molecule has 0 spiro atoms. The number of rotatable bonds is 6. The summed E-state index contributed by atoms with van der Waals surface area (Å²) in [4.78, 5) is 54.2. The summed E-state index contributed by atoms with van der Waals surface area (Å²) in [6, 6.07) is 29.9. The largest absolute Gasteiger partial charge is 0.452 e. The van der Waals surface area contributed by atoms with Crippen LogP contribution in [0.3, 0.4) is 0 Å². The average Bonchev–Trinajstić information content (AvgIpc) is 3.30. The zero-order valence-corrected chi connectivity index (χ0v) is 22.9. The number of anilines is 2. The number of imide groups is 1. The topological polar surface area (TPSA) is 92.8 Å². The Kier molecular flexibility index (Phi) is 6.23. The number of nitrogens with zero attached hydrogens (tertiary/aromatic N) is 1. The maximum Gasteiger partial charge on any atom is 0.338 e. The van der Waals surface area contributed by atoms with Crippen LogP contribution in [0.2, 0.25) is 0 Å². The quantitative estimate of drug-likeness (QED) is 0.252. The molecular formula is C35H28N2O5. The van der Waals surface area contributed by atoms with E-state index in [1.165, 1.54) is 17.0 Å². The van der Waals surface area contributed by atoms with E-state index in [0.29, 0.717) is 11.4 Å². The second kappa shape index (κ2) is 10.1. The molecule has 4 aromatic rings. The minimum Gasteiger partial charge on any atom is -0.452 e. The number of aryl methyl sites for hydroxylation is 1. The molecule has 42 heavy (non-hydrogen) atoms. The van der Waals surface area contributed by atoms with Gasteiger partial charge in [0.1, 0.15) is 0 Å². The molecule has 3 amide bonds. The number of amides is 3. The lowest BCUT2D eigenvalue weighted by Gasteiger charge is -2.45. The van der Waals surface area contributed by atoms with Gasteiger partial charge in [0.2, 0.25) is 11.8 Å². The van der Waals surface area contributed by atoms with E-state index in [2.05, 4.69) is 29.6 Å². The SMILES string of the molecule is CCc1ccccc1NC(=O)COC(=O)c1ccc(N2C(=O)[C@@H]3C4c5ccccc5C(c5ccccc54)[C@@H]3C2=O)cc1. The molecule has 0 aromatic heterocycles. The van der Waals surface area contributed by atoms with E-state index >= 15 is 0 Å². The van der Waals surface area contributed by atoms with Gasteiger partial charge in [-0.25, -0.2) is 9.69 Å². The van der Waals surface area contributed by atoms with Gasteiger partial charge in [-0.15, -0.1) is 0 Å². The van der Waals surface area contributed by atoms with E-state index in [1.807, 2.05) is 49.4 Å². The zero-order chi connectivity index (χ0) is 29.0. The number of para-hydroxylation sites is 1. The second-order valence-corrected chi connectivity index (χ2v) is 11.0. The highest BCUT2D eigenvalue weighted by atomic mass is 16.5. The maximum atomic E-state index is 13.9. The smallest absolute Gasteiger partial charge is 0.338 e. The third kappa shape index (κ3) is 3.96. The third-order valence-corrected chi connectivity index (χ3v) is 8.82. The number of ether oxygens (including phenoxy) is 1. The van der Waals surface area contributed by atoms with Crippen LogP contribution in [0.15, 0.2) is 97.1 Å². The molecule has 1 aliphatic heterocycles. The fraction of sp³-hybridized carbons (Fsp3) is 0.200. The van der Waals surface area contributed by atoms with E-state index < -0.39 is 30.3 Å². The molecule has 208 valence electrons. The van der Waals surface area contributed by atoms with Crippen molar-refractivity contribution in [3.8, 4) is 0 Å². The highest BCUT2D eigenvalue weighted by Gasteiger charge is 2.61. The van der Waals surface area contributed by atoms with Crippen LogP contribution in [0.25, 0.3) is 0 Å². The van der Waals surface area contributed by atoms with Crippen molar-refractivity contribution in [2.45, 2.75) is 25.2 Å². The number of carbonyl (C=O) groups is 4. The molecule has 1 heterocycles. The summed E-state index contributed by atoms with van der Waals surface area (Å²) in [5, 5.41) is 2.78. The Morgan fingerprint density at radius 1 is 0.714 bits per heavy atom. The zero-order valence-electron chi connectivity index (χ0n) is 22.9. The highest BCUT2D eigenvalue weighted by Crippen LogP contribution is 2.61. The van der Waals surface area contributed by atoms with Crippen LogP contribution in [-0.4, -0.2) is 30.3 Å². The molecule has 1 N–H and O–H groups in total. The molecule has 1 saturated heterocycles. The Balaban J connectivity index is 1.09. The van der Waals surface area contributed by atoms with Crippen LogP contribution in [0.1, 0.15) is 56.9 Å². The molecule has 4 aliphatic rings. The van der Waals surface area contributed by atoms with Crippen LogP contribution in [0.5, 0.6) is 0 Å². The van der Waals surface area contributed by atoms with Crippen molar-refractivity contribution in [3.05, 3.63) is 130 Å². The van der Waals surface area contributed by atoms with Gasteiger partial charge in [-0.05, 0) is 64.6 Å². The minimum absolute atomic E-state index is 0.182. The van der Waals surface area contributed by atoms with Gasteiger partial charge in [0.25, 0.3) is 5.91 Å². The van der Waals surface area contributed by atoms with E-state index in [4.69, 9.17) is 4.74 Å². The van der Waals surface area contributed by atoms with Crippen LogP contribution >= 0.6 is 0 Å². The summed E-state index contributed by atoms with van der Waals surface area (Å²) in [5.74, 6) is -2.86. The molecule has 2 bridgehead atoms. The molecule has 8 rings (SSSR count). The third-order valence-electron chi connectivity index (χ3n) is 8.82. The van der Waals surface area contributed by atoms with Gasteiger partial charge in [0.05, 0.1) is 23.1 Å². The van der Waals surface area contributed by atoms with Gasteiger partial charge in [0.15, 0.2) is 6.61 Å². The predicted molar refractivity (Wildman–Crippen MR) is 157 cm³/mol. The molecule has 7 heteroatoms. The Bertz CT molecular complexity index is 1650. The molecule has 4 aromatic carbocycles. The van der Waals surface area contributed by atoms with Crippen LogP contribution in [0.4, 0.5) is 11.4 Å². The second-order valence-electron chi connectivity index (χ2n) is 11.0. The van der Waals surface area contributed by atoms with Crippen molar-refractivity contribution in [2.24, 2.45) is 11.8 Å². The van der Waals surface area contributed by atoms with Crippen molar-refractivity contribution in [3.63, 3.8) is 0 Å². The lowest BCUT2D eigenvalue weighted by molar-refractivity contribution is -0.122. The molecule has 0 unspecified atom stereocenters. The molecular weight excluding hydrogens is 528 g/mol. The van der Waals surface area contributed by atoms with Gasteiger partial charge in [-0.2, -0.15) is 0 Å². The fourth-order valence-electron chi connectivity index (χ4n) is 7.03. The average molecular weight is 557 g/mol. The van der Waals surface area contributed by atoms with Gasteiger partial charge < -0.3 is 10.1 Å². The summed E-state index contributed by atoms with van der Waals surface area (Å²) < 4.78 is 5.23. The molecule has 2 atom stereocenters. The highest BCUT2D eigenvalue weighted by molar-refractivity contribution is 6.23. The summed E-state index contributed by atoms with van der Waals surface area (Å²) in [7, 11) is 0. The number of hydrogen-bond acceptors (Lipinski definition) is 5. The normalized spacial score (nSPS) is 21.4. The van der Waals surface area contributed by atoms with E-state index in [9.17, 15) is 19.2 Å². The van der Waals surface area contributed by atoms with Crippen LogP contribution < -0.4 is 10.2 Å². The summed E-state index contributed by atoms with van der Waals surface area (Å²) in [6.07, 6.45) is 0.757. The Labute approximate surface area is 243 Å². The van der Waals surface area contributed by atoms with Crippen molar-refractivity contribution < 1.29 is 23.9 Å². The van der Waals surface area contributed by atoms with Crippen molar-refractivity contribution >= 4 is 35.1 Å². The molecule has 0 saturated carbocycles. The van der Waals surface area contributed by atoms with Crippen LogP contribution in [0, 0.1) is 11.8 Å². The lowest BCUT2D eigenvalue weighted by Crippen LogP contribution is -2.41. The molecule has 3 aliphatic carbocycles. The minimum atomic E-state index is -0.669. The van der Waals surface area contributed by atoms with Gasteiger partial charge in [-0.3, -0.25) is 14.4 Å². The molecule has 7 nitrogen and oxygen atoms in total. The Hall–Kier alpha value is -5.04. The van der Waals surface area contributed by atoms with Gasteiger partial charge >= 0.3 is 5.97 Å². The van der Waals surface area contributed by atoms with E-state index in [0.717, 1.165) is 34.2 Å². The number of carbonyl (C=O) groups excluding carboxylic acids is 4. The summed E-state index contributed by atoms with van der Waals surface area (Å²) in [6.45, 7) is 1.56. The van der Waals surface area contributed by atoms with Crippen molar-refractivity contribution in [1.29, 1.82) is 0 Å². The van der Waals surface area contributed by atoms with Crippen LogP contribution in [-0.2, 0) is 25.5 Å². The number of benzene rings is 4. The number of nitrogens with one attached hydrogen (secondary N) is 1. The summed E-state index contributed by atoms with van der Waals surface area (Å²) >= 11 is 0. The van der Waals surface area contributed by atoms with Crippen molar-refractivity contribution in [1.82, 2.24) is 0 Å². The predicted octanol–water partition coefficient (Wildman–Crippen LogP) is 5.44. The first kappa shape index (κ1) is 25.9. The maximum absolute atomic E-state index is 13.9. The first-order chi connectivity index (χ1) is 20.5. The Morgan fingerprint density at radius 2 is 1.21 bits per heavy atom.